The van der Waals surface area contributed by atoms with E-state index in [1.165, 1.54) is 6.07 Å². The van der Waals surface area contributed by atoms with Gasteiger partial charge in [-0.3, -0.25) is 10.1 Å². The minimum absolute atomic E-state index is 0.00699. The van der Waals surface area contributed by atoms with Crippen molar-refractivity contribution < 1.29 is 4.92 Å². The predicted molar refractivity (Wildman–Crippen MR) is 66.8 cm³/mol. The van der Waals surface area contributed by atoms with Gasteiger partial charge in [0.05, 0.1) is 4.92 Å². The van der Waals surface area contributed by atoms with Crippen LogP contribution in [0.2, 0.25) is 0 Å². The predicted octanol–water partition coefficient (Wildman–Crippen LogP) is 2.51. The fourth-order valence-electron chi connectivity index (χ4n) is 1.39. The van der Waals surface area contributed by atoms with E-state index in [0.29, 0.717) is 12.4 Å². The fraction of sp³-hybridized carbons (Fsp3) is 0.417. The number of anilines is 1. The lowest BCUT2D eigenvalue weighted by Gasteiger charge is -2.06. The van der Waals surface area contributed by atoms with Crippen LogP contribution >= 0.6 is 0 Å². The molecule has 0 aliphatic heterocycles. The molecule has 1 aromatic rings. The normalized spacial score (nSPS) is 9.65. The minimum atomic E-state index is -0.434. The van der Waals surface area contributed by atoms with Gasteiger partial charge in [0.2, 0.25) is 5.82 Å². The molecule has 0 spiro atoms. The standard InChI is InChI=1S/C12H15N3O2/c1-3-4-5-6-9-13-12-11(15(16)17)8-7-10(2)14-12/h1,7-8H,4-6,9H2,2H3,(H,13,14). The van der Waals surface area contributed by atoms with E-state index in [9.17, 15) is 10.1 Å². The highest BCUT2D eigenvalue weighted by Crippen LogP contribution is 2.21. The first-order valence-electron chi connectivity index (χ1n) is 5.44. The third kappa shape index (κ3) is 4.11. The van der Waals surface area contributed by atoms with Crippen LogP contribution < -0.4 is 5.32 Å². The van der Waals surface area contributed by atoms with Crippen molar-refractivity contribution in [3.8, 4) is 12.3 Å². The van der Waals surface area contributed by atoms with Gasteiger partial charge in [0.15, 0.2) is 0 Å². The molecule has 0 unspecified atom stereocenters. The lowest BCUT2D eigenvalue weighted by Crippen LogP contribution is -2.06. The van der Waals surface area contributed by atoms with Gasteiger partial charge in [0, 0.05) is 24.7 Å². The summed E-state index contributed by atoms with van der Waals surface area (Å²) in [5, 5.41) is 13.7. The number of aryl methyl sites for hydroxylation is 1. The minimum Gasteiger partial charge on any atom is -0.364 e. The van der Waals surface area contributed by atoms with Crippen LogP contribution in [0.4, 0.5) is 11.5 Å². The summed E-state index contributed by atoms with van der Waals surface area (Å²) in [4.78, 5) is 14.5. The molecule has 0 saturated heterocycles. The molecule has 0 radical (unpaired) electrons. The van der Waals surface area contributed by atoms with E-state index in [0.717, 1.165) is 25.0 Å². The summed E-state index contributed by atoms with van der Waals surface area (Å²) in [6.07, 6.45) is 7.64. The molecule has 1 heterocycles. The maximum atomic E-state index is 10.8. The van der Waals surface area contributed by atoms with Crippen LogP contribution in [0.3, 0.4) is 0 Å². The Morgan fingerprint density at radius 1 is 1.53 bits per heavy atom. The number of nitrogens with one attached hydrogen (secondary N) is 1. The third-order valence-corrected chi connectivity index (χ3v) is 2.25. The summed E-state index contributed by atoms with van der Waals surface area (Å²) >= 11 is 0. The SMILES string of the molecule is C#CCCCCNc1nc(C)ccc1[N+](=O)[O-]. The second-order valence-corrected chi connectivity index (χ2v) is 3.67. The molecule has 0 aromatic carbocycles. The van der Waals surface area contributed by atoms with Crippen LogP contribution in [0.25, 0.3) is 0 Å². The second-order valence-electron chi connectivity index (χ2n) is 3.67. The highest BCUT2D eigenvalue weighted by atomic mass is 16.6. The Morgan fingerprint density at radius 3 is 2.94 bits per heavy atom. The number of terminal acetylenes is 1. The maximum Gasteiger partial charge on any atom is 0.311 e. The Kier molecular flexibility index (Phi) is 4.95. The van der Waals surface area contributed by atoms with E-state index >= 15 is 0 Å². The van der Waals surface area contributed by atoms with E-state index in [1.807, 2.05) is 0 Å². The highest BCUT2D eigenvalue weighted by molar-refractivity contribution is 5.55. The molecule has 0 saturated carbocycles. The molecule has 0 amide bonds. The van der Waals surface area contributed by atoms with E-state index < -0.39 is 4.92 Å². The molecule has 5 heteroatoms. The summed E-state index contributed by atoms with van der Waals surface area (Å²) < 4.78 is 0. The first-order chi connectivity index (χ1) is 8.15. The molecule has 0 bridgehead atoms. The zero-order chi connectivity index (χ0) is 12.7. The molecule has 5 nitrogen and oxygen atoms in total. The van der Waals surface area contributed by atoms with Gasteiger partial charge in [-0.25, -0.2) is 4.98 Å². The van der Waals surface area contributed by atoms with Gasteiger partial charge >= 0.3 is 5.69 Å². The fourth-order valence-corrected chi connectivity index (χ4v) is 1.39. The molecule has 0 aliphatic carbocycles. The van der Waals surface area contributed by atoms with Gasteiger partial charge in [-0.1, -0.05) is 0 Å². The summed E-state index contributed by atoms with van der Waals surface area (Å²) in [5.41, 5.74) is 0.759. The lowest BCUT2D eigenvalue weighted by atomic mass is 10.2. The highest BCUT2D eigenvalue weighted by Gasteiger charge is 2.14. The molecule has 90 valence electrons. The quantitative estimate of drug-likeness (QED) is 0.355. The van der Waals surface area contributed by atoms with Gasteiger partial charge < -0.3 is 5.32 Å². The van der Waals surface area contributed by atoms with Crippen LogP contribution in [-0.2, 0) is 0 Å². The Morgan fingerprint density at radius 2 is 2.29 bits per heavy atom. The molecular weight excluding hydrogens is 218 g/mol. The Bertz CT molecular complexity index is 438. The Balaban J connectivity index is 2.60. The maximum absolute atomic E-state index is 10.8. The van der Waals surface area contributed by atoms with Gasteiger partial charge in [0.25, 0.3) is 0 Å². The number of rotatable bonds is 6. The number of nitro groups is 1. The number of unbranched alkanes of at least 4 members (excludes halogenated alkanes) is 2. The third-order valence-electron chi connectivity index (χ3n) is 2.25. The number of aromatic nitrogens is 1. The number of hydrogen-bond donors (Lipinski definition) is 1. The van der Waals surface area contributed by atoms with Crippen LogP contribution in [0.1, 0.15) is 25.0 Å². The van der Waals surface area contributed by atoms with Crippen molar-refractivity contribution in [1.29, 1.82) is 0 Å². The molecular formula is C12H15N3O2. The molecule has 0 fully saturated rings. The Hall–Kier alpha value is -2.09. The zero-order valence-corrected chi connectivity index (χ0v) is 9.77. The largest absolute Gasteiger partial charge is 0.364 e. The van der Waals surface area contributed by atoms with Gasteiger partial charge in [-0.15, -0.1) is 12.3 Å². The molecule has 1 rings (SSSR count). The van der Waals surface area contributed by atoms with Crippen molar-refractivity contribution >= 4 is 11.5 Å². The topological polar surface area (TPSA) is 68.1 Å². The summed E-state index contributed by atoms with van der Waals surface area (Å²) in [7, 11) is 0. The summed E-state index contributed by atoms with van der Waals surface area (Å²) in [6, 6.07) is 3.09. The average molecular weight is 233 g/mol. The Labute approximate surface area is 100 Å². The number of pyridine rings is 1. The van der Waals surface area contributed by atoms with Crippen molar-refractivity contribution in [2.24, 2.45) is 0 Å². The van der Waals surface area contributed by atoms with Crippen molar-refractivity contribution in [1.82, 2.24) is 4.98 Å². The van der Waals surface area contributed by atoms with E-state index in [-0.39, 0.29) is 5.69 Å². The van der Waals surface area contributed by atoms with E-state index in [4.69, 9.17) is 6.42 Å². The van der Waals surface area contributed by atoms with Crippen LogP contribution in [-0.4, -0.2) is 16.5 Å². The van der Waals surface area contributed by atoms with Crippen molar-refractivity contribution in [3.05, 3.63) is 27.9 Å². The first kappa shape index (κ1) is 13.0. The van der Waals surface area contributed by atoms with Gasteiger partial charge in [0.1, 0.15) is 0 Å². The van der Waals surface area contributed by atoms with E-state index in [2.05, 4.69) is 16.2 Å². The van der Waals surface area contributed by atoms with Gasteiger partial charge in [-0.05, 0) is 25.8 Å². The van der Waals surface area contributed by atoms with Crippen LogP contribution in [0, 0.1) is 29.4 Å². The van der Waals surface area contributed by atoms with E-state index in [1.54, 1.807) is 13.0 Å². The summed E-state index contributed by atoms with van der Waals surface area (Å²) in [5.74, 6) is 2.88. The smallest absolute Gasteiger partial charge is 0.311 e. The molecule has 17 heavy (non-hydrogen) atoms. The average Bonchev–Trinajstić information content (AvgIpc) is 2.28. The number of hydrogen-bond acceptors (Lipinski definition) is 4. The number of nitrogens with zero attached hydrogens (tertiary/aromatic N) is 2. The molecule has 0 atom stereocenters. The lowest BCUT2D eigenvalue weighted by molar-refractivity contribution is -0.384. The summed E-state index contributed by atoms with van der Waals surface area (Å²) in [6.45, 7) is 2.44. The van der Waals surface area contributed by atoms with Crippen molar-refractivity contribution in [3.63, 3.8) is 0 Å². The second kappa shape index (κ2) is 6.48. The zero-order valence-electron chi connectivity index (χ0n) is 9.77. The monoisotopic (exact) mass is 233 g/mol. The van der Waals surface area contributed by atoms with Gasteiger partial charge in [-0.2, -0.15) is 0 Å². The molecule has 1 N–H and O–H groups in total. The van der Waals surface area contributed by atoms with Crippen molar-refractivity contribution in [2.75, 3.05) is 11.9 Å². The van der Waals surface area contributed by atoms with Crippen LogP contribution in [0.15, 0.2) is 12.1 Å². The van der Waals surface area contributed by atoms with Crippen LogP contribution in [0.5, 0.6) is 0 Å². The van der Waals surface area contributed by atoms with Crippen molar-refractivity contribution in [2.45, 2.75) is 26.2 Å². The molecule has 1 aromatic heterocycles. The molecule has 0 aliphatic rings. The first-order valence-corrected chi connectivity index (χ1v) is 5.44.